The van der Waals surface area contributed by atoms with Gasteiger partial charge in [-0.2, -0.15) is 4.31 Å². The zero-order valence-electron chi connectivity index (χ0n) is 11.8. The largest absolute Gasteiger partial charge is 0.465 e. The monoisotopic (exact) mass is 344 g/mol. The fraction of sp³-hybridized carbons (Fsp3) is 0.231. The van der Waals surface area contributed by atoms with Crippen LogP contribution in [0.3, 0.4) is 0 Å². The van der Waals surface area contributed by atoms with Crippen molar-refractivity contribution in [3.05, 3.63) is 57.0 Å². The summed E-state index contributed by atoms with van der Waals surface area (Å²) in [5, 5.41) is 11.1. The van der Waals surface area contributed by atoms with Crippen molar-refractivity contribution in [1.82, 2.24) is 4.31 Å². The lowest BCUT2D eigenvalue weighted by Gasteiger charge is -2.16. The van der Waals surface area contributed by atoms with E-state index in [-0.39, 0.29) is 11.6 Å². The Morgan fingerprint density at radius 2 is 2.00 bits per heavy atom. The summed E-state index contributed by atoms with van der Waals surface area (Å²) in [6, 6.07) is 6.80. The first-order valence-corrected chi connectivity index (χ1v) is 7.99. The maximum absolute atomic E-state index is 12.5. The van der Waals surface area contributed by atoms with Crippen LogP contribution in [0.5, 0.6) is 0 Å². The first-order chi connectivity index (χ1) is 10.2. The average Bonchev–Trinajstić information content (AvgIpc) is 2.83. The number of sulfonamides is 1. The Labute approximate surface area is 132 Å². The third kappa shape index (κ3) is 3.29. The summed E-state index contributed by atoms with van der Waals surface area (Å²) in [7, 11) is -2.72. The number of rotatable bonds is 5. The number of nitro groups is 1. The molecule has 2 rings (SSSR count). The maximum atomic E-state index is 12.5. The number of nitro benzene ring substituents is 1. The van der Waals surface area contributed by atoms with E-state index in [1.54, 1.807) is 19.1 Å². The molecular formula is C13H13ClN2O5S. The summed E-state index contributed by atoms with van der Waals surface area (Å²) in [6.07, 6.45) is 0. The molecule has 0 amide bonds. The number of nitrogens with zero attached hydrogens (tertiary/aromatic N) is 2. The number of furan rings is 1. The minimum Gasteiger partial charge on any atom is -0.465 e. The Balaban J connectivity index is 2.39. The summed E-state index contributed by atoms with van der Waals surface area (Å²) in [5.41, 5.74) is -0.560. The first kappa shape index (κ1) is 16.5. The van der Waals surface area contributed by atoms with Crippen LogP contribution in [0.2, 0.25) is 5.02 Å². The molecule has 0 aliphatic heterocycles. The molecule has 1 aromatic heterocycles. The summed E-state index contributed by atoms with van der Waals surface area (Å²) in [6.45, 7) is 1.71. The van der Waals surface area contributed by atoms with E-state index in [1.165, 1.54) is 13.1 Å². The SMILES string of the molecule is Cc1ccc(CN(C)S(=O)(=O)c2ccc(Cl)cc2[N+](=O)[O-])o1. The molecule has 0 aliphatic carbocycles. The minimum atomic E-state index is -4.05. The highest BCUT2D eigenvalue weighted by molar-refractivity contribution is 7.89. The number of hydrogen-bond donors (Lipinski definition) is 0. The minimum absolute atomic E-state index is 0.0318. The van der Waals surface area contributed by atoms with Crippen molar-refractivity contribution in [2.24, 2.45) is 0 Å². The Morgan fingerprint density at radius 3 is 2.55 bits per heavy atom. The normalized spacial score (nSPS) is 11.8. The number of aryl methyl sites for hydroxylation is 1. The number of benzene rings is 1. The van der Waals surface area contributed by atoms with Crippen molar-refractivity contribution in [3.8, 4) is 0 Å². The van der Waals surface area contributed by atoms with Gasteiger partial charge in [0.2, 0.25) is 10.0 Å². The van der Waals surface area contributed by atoms with Gasteiger partial charge in [-0.3, -0.25) is 10.1 Å². The smallest absolute Gasteiger partial charge is 0.290 e. The third-order valence-electron chi connectivity index (χ3n) is 2.98. The van der Waals surface area contributed by atoms with Gasteiger partial charge in [-0.15, -0.1) is 0 Å². The van der Waals surface area contributed by atoms with E-state index in [4.69, 9.17) is 16.0 Å². The van der Waals surface area contributed by atoms with Gasteiger partial charge < -0.3 is 4.42 Å². The Bertz CT molecular complexity index is 816. The molecule has 118 valence electrons. The Hall–Kier alpha value is -1.90. The highest BCUT2D eigenvalue weighted by Gasteiger charge is 2.30. The predicted molar refractivity (Wildman–Crippen MR) is 80.2 cm³/mol. The van der Waals surface area contributed by atoms with E-state index >= 15 is 0 Å². The van der Waals surface area contributed by atoms with Gasteiger partial charge in [0.05, 0.1) is 11.5 Å². The molecule has 9 heteroatoms. The van der Waals surface area contributed by atoms with Gasteiger partial charge in [0.25, 0.3) is 5.69 Å². The van der Waals surface area contributed by atoms with Crippen LogP contribution in [0.4, 0.5) is 5.69 Å². The second-order valence-corrected chi connectivity index (χ2v) is 7.09. The highest BCUT2D eigenvalue weighted by atomic mass is 35.5. The van der Waals surface area contributed by atoms with Crippen LogP contribution in [0.1, 0.15) is 11.5 Å². The van der Waals surface area contributed by atoms with Crippen molar-refractivity contribution in [2.45, 2.75) is 18.4 Å². The zero-order chi connectivity index (χ0) is 16.5. The van der Waals surface area contributed by atoms with Crippen LogP contribution >= 0.6 is 11.6 Å². The first-order valence-electron chi connectivity index (χ1n) is 6.17. The second kappa shape index (κ2) is 6.07. The van der Waals surface area contributed by atoms with Gasteiger partial charge in [-0.1, -0.05) is 11.6 Å². The van der Waals surface area contributed by atoms with E-state index in [1.807, 2.05) is 0 Å². The van der Waals surface area contributed by atoms with Gasteiger partial charge in [-0.25, -0.2) is 8.42 Å². The third-order valence-corrected chi connectivity index (χ3v) is 5.07. The number of halogens is 1. The molecule has 0 saturated carbocycles. The highest BCUT2D eigenvalue weighted by Crippen LogP contribution is 2.29. The maximum Gasteiger partial charge on any atom is 0.290 e. The van der Waals surface area contributed by atoms with Crippen molar-refractivity contribution in [2.75, 3.05) is 7.05 Å². The van der Waals surface area contributed by atoms with Crippen LogP contribution in [0.15, 0.2) is 39.6 Å². The van der Waals surface area contributed by atoms with Gasteiger partial charge >= 0.3 is 0 Å². The molecule has 0 fully saturated rings. The lowest BCUT2D eigenvalue weighted by Crippen LogP contribution is -2.27. The second-order valence-electron chi connectivity index (χ2n) is 4.64. The average molecular weight is 345 g/mol. The van der Waals surface area contributed by atoms with Crippen molar-refractivity contribution >= 4 is 27.3 Å². The van der Waals surface area contributed by atoms with Crippen molar-refractivity contribution in [1.29, 1.82) is 0 Å². The molecule has 0 spiro atoms. The molecular weight excluding hydrogens is 332 g/mol. The lowest BCUT2D eigenvalue weighted by atomic mass is 10.3. The molecule has 0 unspecified atom stereocenters. The molecule has 7 nitrogen and oxygen atoms in total. The molecule has 0 aliphatic rings. The van der Waals surface area contributed by atoms with E-state index in [9.17, 15) is 18.5 Å². The molecule has 0 saturated heterocycles. The van der Waals surface area contributed by atoms with Crippen LogP contribution in [-0.4, -0.2) is 24.7 Å². The van der Waals surface area contributed by atoms with E-state index < -0.39 is 25.5 Å². The molecule has 2 aromatic rings. The molecule has 0 radical (unpaired) electrons. The molecule has 0 N–H and O–H groups in total. The summed E-state index contributed by atoms with van der Waals surface area (Å²) < 4.78 is 31.3. The van der Waals surface area contributed by atoms with Gasteiger partial charge in [0.1, 0.15) is 11.5 Å². The summed E-state index contributed by atoms with van der Waals surface area (Å²) in [5.74, 6) is 1.10. The van der Waals surface area contributed by atoms with Crippen LogP contribution in [0, 0.1) is 17.0 Å². The van der Waals surface area contributed by atoms with Crippen molar-refractivity contribution < 1.29 is 17.8 Å². The van der Waals surface area contributed by atoms with Crippen molar-refractivity contribution in [3.63, 3.8) is 0 Å². The van der Waals surface area contributed by atoms with Crippen LogP contribution in [0.25, 0.3) is 0 Å². The molecule has 1 aromatic carbocycles. The van der Waals surface area contributed by atoms with Gasteiger partial charge in [-0.05, 0) is 31.2 Å². The predicted octanol–water partition coefficient (Wildman–Crippen LogP) is 2.97. The van der Waals surface area contributed by atoms with E-state index in [0.29, 0.717) is 11.5 Å². The quantitative estimate of drug-likeness (QED) is 0.614. The molecule has 22 heavy (non-hydrogen) atoms. The summed E-state index contributed by atoms with van der Waals surface area (Å²) in [4.78, 5) is 9.87. The Morgan fingerprint density at radius 1 is 1.32 bits per heavy atom. The summed E-state index contributed by atoms with van der Waals surface area (Å²) >= 11 is 5.70. The van der Waals surface area contributed by atoms with E-state index in [2.05, 4.69) is 0 Å². The zero-order valence-corrected chi connectivity index (χ0v) is 13.4. The van der Waals surface area contributed by atoms with E-state index in [0.717, 1.165) is 16.4 Å². The van der Waals surface area contributed by atoms with Crippen LogP contribution in [-0.2, 0) is 16.6 Å². The molecule has 1 heterocycles. The van der Waals surface area contributed by atoms with Gasteiger partial charge in [0, 0.05) is 18.1 Å². The molecule has 0 bridgehead atoms. The van der Waals surface area contributed by atoms with Gasteiger partial charge in [0.15, 0.2) is 4.90 Å². The van der Waals surface area contributed by atoms with Crippen LogP contribution < -0.4 is 0 Å². The fourth-order valence-electron chi connectivity index (χ4n) is 1.89. The standard InChI is InChI=1S/C13H13ClN2O5S/c1-9-3-5-11(21-9)8-15(2)22(19,20)13-6-4-10(14)7-12(13)16(17)18/h3-7H,8H2,1-2H3. The Kier molecular flexibility index (Phi) is 4.55. The molecule has 0 atom stereocenters. The topological polar surface area (TPSA) is 93.7 Å². The number of hydrogen-bond acceptors (Lipinski definition) is 5. The lowest BCUT2D eigenvalue weighted by molar-refractivity contribution is -0.387. The fourth-order valence-corrected chi connectivity index (χ4v) is 3.33.